The molecule has 0 aromatic heterocycles. The molecule has 1 amide bonds. The molecule has 2 unspecified atom stereocenters. The number of carbonyl (C=O) groups is 1. The van der Waals surface area contributed by atoms with Crippen molar-refractivity contribution < 1.29 is 13.2 Å². The molecule has 0 radical (unpaired) electrons. The van der Waals surface area contributed by atoms with Crippen molar-refractivity contribution >= 4 is 21.9 Å². The van der Waals surface area contributed by atoms with E-state index in [0.717, 1.165) is 43.5 Å². The number of nitrogens with one attached hydrogen (secondary N) is 2. The van der Waals surface area contributed by atoms with Crippen molar-refractivity contribution in [2.45, 2.75) is 42.0 Å². The summed E-state index contributed by atoms with van der Waals surface area (Å²) in [6.07, 6.45) is 4.81. The lowest BCUT2D eigenvalue weighted by Gasteiger charge is -2.50. The van der Waals surface area contributed by atoms with Crippen molar-refractivity contribution in [2.24, 2.45) is 5.92 Å². The van der Waals surface area contributed by atoms with E-state index in [2.05, 4.69) is 41.0 Å². The number of para-hydroxylation sites is 1. The molecular weight excluding hydrogens is 422 g/mol. The van der Waals surface area contributed by atoms with Gasteiger partial charge in [-0.2, -0.15) is 0 Å². The second kappa shape index (κ2) is 8.19. The highest BCUT2D eigenvalue weighted by molar-refractivity contribution is 7.91. The Bertz CT molecular complexity index is 1090. The van der Waals surface area contributed by atoms with Crippen LogP contribution in [0.2, 0.25) is 0 Å². The highest BCUT2D eigenvalue weighted by atomic mass is 32.2. The highest BCUT2D eigenvalue weighted by Gasteiger charge is 2.60. The van der Waals surface area contributed by atoms with Gasteiger partial charge in [0.1, 0.15) is 5.37 Å². The van der Waals surface area contributed by atoms with Gasteiger partial charge in [-0.05, 0) is 42.4 Å². The predicted octanol–water partition coefficient (Wildman–Crippen LogP) is 2.73. The third-order valence-corrected chi connectivity index (χ3v) is 9.37. The number of fused-ring (bicyclic) bond motifs is 2. The molecule has 2 aromatic carbocycles. The molecule has 32 heavy (non-hydrogen) atoms. The lowest BCUT2D eigenvalue weighted by molar-refractivity contribution is -0.123. The topological polar surface area (TPSA) is 78.5 Å². The number of nitrogens with zero attached hydrogens (tertiary/aromatic N) is 1. The molecule has 3 aliphatic rings. The van der Waals surface area contributed by atoms with Crippen LogP contribution in [0.5, 0.6) is 0 Å². The molecule has 2 fully saturated rings. The monoisotopic (exact) mass is 453 g/mol. The summed E-state index contributed by atoms with van der Waals surface area (Å²) in [5, 5.41) is 6.19. The molecule has 0 saturated carbocycles. The van der Waals surface area contributed by atoms with Crippen LogP contribution in [-0.2, 0) is 20.0 Å². The first-order chi connectivity index (χ1) is 15.4. The Morgan fingerprint density at radius 1 is 1.09 bits per heavy atom. The summed E-state index contributed by atoms with van der Waals surface area (Å²) in [5.41, 5.74) is 2.80. The van der Waals surface area contributed by atoms with Gasteiger partial charge in [0.2, 0.25) is 6.41 Å². The Labute approximate surface area is 190 Å². The fraction of sp³-hybridized carbons (Fsp3) is 0.480. The van der Waals surface area contributed by atoms with Crippen molar-refractivity contribution in [3.63, 3.8) is 0 Å². The Balaban J connectivity index is 1.60. The molecule has 3 aliphatic heterocycles. The van der Waals surface area contributed by atoms with Crippen LogP contribution in [-0.4, -0.2) is 57.0 Å². The summed E-state index contributed by atoms with van der Waals surface area (Å²) >= 11 is 0. The molecule has 0 aliphatic carbocycles. The third-order valence-electron chi connectivity index (χ3n) is 7.92. The molecule has 5 rings (SSSR count). The van der Waals surface area contributed by atoms with Crippen molar-refractivity contribution in [1.82, 2.24) is 10.2 Å². The lowest BCUT2D eigenvalue weighted by Crippen LogP contribution is -2.57. The Morgan fingerprint density at radius 3 is 2.59 bits per heavy atom. The van der Waals surface area contributed by atoms with E-state index in [1.54, 1.807) is 0 Å². The number of hydrogen-bond donors (Lipinski definition) is 2. The number of benzene rings is 2. The maximum Gasteiger partial charge on any atom is 0.209 e. The summed E-state index contributed by atoms with van der Waals surface area (Å²) < 4.78 is 26.0. The average molecular weight is 454 g/mol. The van der Waals surface area contributed by atoms with Crippen LogP contribution < -0.4 is 10.6 Å². The summed E-state index contributed by atoms with van der Waals surface area (Å²) in [5.74, 6) is 0.380. The van der Waals surface area contributed by atoms with Crippen LogP contribution in [0.15, 0.2) is 54.6 Å². The van der Waals surface area contributed by atoms with E-state index in [9.17, 15) is 13.2 Å². The molecule has 2 aromatic rings. The van der Waals surface area contributed by atoms with E-state index in [1.807, 2.05) is 29.2 Å². The van der Waals surface area contributed by atoms with Gasteiger partial charge in [0.25, 0.3) is 0 Å². The normalized spacial score (nSPS) is 32.3. The van der Waals surface area contributed by atoms with E-state index in [1.165, 1.54) is 11.8 Å². The second-order valence-electron chi connectivity index (χ2n) is 9.53. The van der Waals surface area contributed by atoms with E-state index >= 15 is 0 Å². The van der Waals surface area contributed by atoms with E-state index in [-0.39, 0.29) is 12.0 Å². The zero-order chi connectivity index (χ0) is 22.3. The molecule has 0 bridgehead atoms. The molecular formula is C25H31N3O3S. The molecule has 3 heterocycles. The van der Waals surface area contributed by atoms with Gasteiger partial charge in [0.15, 0.2) is 9.84 Å². The minimum atomic E-state index is -3.36. The van der Waals surface area contributed by atoms with Crippen LogP contribution in [0.3, 0.4) is 0 Å². The average Bonchev–Trinajstić information content (AvgIpc) is 3.19. The van der Waals surface area contributed by atoms with E-state index in [0.29, 0.717) is 19.0 Å². The Morgan fingerprint density at radius 2 is 1.84 bits per heavy atom. The lowest BCUT2D eigenvalue weighted by atomic mass is 9.63. The number of sulfone groups is 1. The third kappa shape index (κ3) is 3.42. The minimum Gasteiger partial charge on any atom is -0.385 e. The largest absolute Gasteiger partial charge is 0.385 e. The van der Waals surface area contributed by atoms with Crippen molar-refractivity contribution in [3.05, 3.63) is 65.7 Å². The fourth-order valence-electron chi connectivity index (χ4n) is 6.61. The molecule has 1 spiro atoms. The quantitative estimate of drug-likeness (QED) is 0.696. The van der Waals surface area contributed by atoms with Crippen molar-refractivity contribution in [2.75, 3.05) is 31.2 Å². The van der Waals surface area contributed by atoms with Crippen LogP contribution >= 0.6 is 0 Å². The smallest absolute Gasteiger partial charge is 0.209 e. The second-order valence-corrected chi connectivity index (χ2v) is 11.7. The zero-order valence-corrected chi connectivity index (χ0v) is 19.2. The SMILES string of the molecule is CS(=O)(=O)[C@H]1NC[C@@H](C2CC(c3ccccc3)CCN2C=O)[C@@]12CCNc1ccccc12. The summed E-state index contributed by atoms with van der Waals surface area (Å²) in [4.78, 5) is 14.1. The molecule has 6 nitrogen and oxygen atoms in total. The summed E-state index contributed by atoms with van der Waals surface area (Å²) in [6.45, 7) is 2.00. The van der Waals surface area contributed by atoms with Crippen LogP contribution in [0, 0.1) is 5.92 Å². The molecule has 5 atom stereocenters. The number of anilines is 1. The number of piperidine rings is 1. The minimum absolute atomic E-state index is 0.0159. The number of hydrogen-bond acceptors (Lipinski definition) is 5. The van der Waals surface area contributed by atoms with E-state index in [4.69, 9.17) is 0 Å². The number of amides is 1. The zero-order valence-electron chi connectivity index (χ0n) is 18.4. The summed E-state index contributed by atoms with van der Waals surface area (Å²) in [6, 6.07) is 18.6. The van der Waals surface area contributed by atoms with Crippen molar-refractivity contribution in [1.29, 1.82) is 0 Å². The number of likely N-dealkylation sites (tertiary alicyclic amines) is 1. The number of carbonyl (C=O) groups excluding carboxylic acids is 1. The fourth-order valence-corrected chi connectivity index (χ4v) is 8.20. The van der Waals surface area contributed by atoms with Gasteiger partial charge in [-0.3, -0.25) is 4.79 Å². The Kier molecular flexibility index (Phi) is 5.50. The summed E-state index contributed by atoms with van der Waals surface area (Å²) in [7, 11) is -3.36. The van der Waals surface area contributed by atoms with Gasteiger partial charge < -0.3 is 15.5 Å². The van der Waals surface area contributed by atoms with Crippen LogP contribution in [0.4, 0.5) is 5.69 Å². The molecule has 170 valence electrons. The van der Waals surface area contributed by atoms with Crippen LogP contribution in [0.25, 0.3) is 0 Å². The number of rotatable bonds is 4. The first kappa shape index (κ1) is 21.5. The molecule has 2 N–H and O–H groups in total. The highest BCUT2D eigenvalue weighted by Crippen LogP contribution is 2.52. The van der Waals surface area contributed by atoms with Gasteiger partial charge in [-0.25, -0.2) is 8.42 Å². The molecule has 7 heteroatoms. The van der Waals surface area contributed by atoms with Crippen LogP contribution in [0.1, 0.15) is 36.3 Å². The Hall–Kier alpha value is -2.38. The standard InChI is InChI=1S/C25H31N3O3S/c1-32(30,31)24-25(12-13-26-22-10-6-5-9-20(22)25)21(16-27-24)23-15-19(11-14-28(23)17-29)18-7-3-2-4-8-18/h2-10,17,19,21,23-24,26-27H,11-16H2,1H3/t19?,21-,23?,24+,25-/m0/s1. The van der Waals surface area contributed by atoms with Gasteiger partial charge in [-0.1, -0.05) is 48.5 Å². The van der Waals surface area contributed by atoms with Gasteiger partial charge >= 0.3 is 0 Å². The first-order valence-electron chi connectivity index (χ1n) is 11.5. The first-order valence-corrected chi connectivity index (χ1v) is 13.4. The van der Waals surface area contributed by atoms with E-state index < -0.39 is 20.6 Å². The predicted molar refractivity (Wildman–Crippen MR) is 126 cm³/mol. The maximum atomic E-state index is 13.0. The van der Waals surface area contributed by atoms with Gasteiger partial charge in [0.05, 0.1) is 0 Å². The van der Waals surface area contributed by atoms with Gasteiger partial charge in [-0.15, -0.1) is 0 Å². The van der Waals surface area contributed by atoms with Crippen molar-refractivity contribution in [3.8, 4) is 0 Å². The van der Waals surface area contributed by atoms with Gasteiger partial charge in [0, 0.05) is 49.0 Å². The molecule has 2 saturated heterocycles. The maximum absolute atomic E-state index is 13.0.